The summed E-state index contributed by atoms with van der Waals surface area (Å²) in [6.07, 6.45) is 8.86. The van der Waals surface area contributed by atoms with Crippen molar-refractivity contribution < 1.29 is 32.3 Å². The molecule has 2 unspecified atom stereocenters. The first-order valence-electron chi connectivity index (χ1n) is 19.2. The summed E-state index contributed by atoms with van der Waals surface area (Å²) in [5, 5.41) is 12.5. The van der Waals surface area contributed by atoms with Crippen LogP contribution in [0.4, 0.5) is 18.9 Å². The molecule has 3 saturated carbocycles. The predicted octanol–water partition coefficient (Wildman–Crippen LogP) is 5.26. The number of alkyl halides is 2. The number of anilines is 1. The van der Waals surface area contributed by atoms with E-state index in [2.05, 4.69) is 46.7 Å². The largest absolute Gasteiger partial charge is 0.348 e. The molecule has 6 rings (SSSR count). The Morgan fingerprint density at radius 1 is 1.00 bits per heavy atom. The molecule has 3 amide bonds. The number of likely N-dealkylation sites (N-methyl/N-ethyl adjacent to an activating group) is 1. The van der Waals surface area contributed by atoms with E-state index in [9.17, 15) is 28.0 Å². The Kier molecular flexibility index (Phi) is 15.9. The highest BCUT2D eigenvalue weighted by atomic mass is 19.3. The Morgan fingerprint density at radius 3 is 2.21 bits per heavy atom. The Bertz CT molecular complexity index is 1480. The molecule has 1 saturated heterocycles. The van der Waals surface area contributed by atoms with Crippen LogP contribution in [0.15, 0.2) is 30.5 Å². The Morgan fingerprint density at radius 2 is 1.66 bits per heavy atom. The van der Waals surface area contributed by atoms with Gasteiger partial charge in [0.25, 0.3) is 12.3 Å². The highest BCUT2D eigenvalue weighted by Crippen LogP contribution is 2.51. The molecule has 3 aliphatic carbocycles. The van der Waals surface area contributed by atoms with Gasteiger partial charge in [-0.3, -0.25) is 24.0 Å². The van der Waals surface area contributed by atoms with Gasteiger partial charge >= 0.3 is 0 Å². The van der Waals surface area contributed by atoms with E-state index in [0.29, 0.717) is 55.2 Å². The van der Waals surface area contributed by atoms with Crippen molar-refractivity contribution >= 4 is 30.2 Å². The zero-order valence-corrected chi connectivity index (χ0v) is 31.7. The summed E-state index contributed by atoms with van der Waals surface area (Å²) >= 11 is 0. The van der Waals surface area contributed by atoms with E-state index in [1.165, 1.54) is 18.6 Å². The lowest BCUT2D eigenvalue weighted by atomic mass is 9.79. The zero-order valence-electron chi connectivity index (χ0n) is 31.7. The molecule has 294 valence electrons. The number of piperazine rings is 1. The van der Waals surface area contributed by atoms with Crippen LogP contribution in [-0.2, 0) is 26.3 Å². The van der Waals surface area contributed by atoms with Gasteiger partial charge in [0.15, 0.2) is 0 Å². The third-order valence-corrected chi connectivity index (χ3v) is 10.7. The maximum atomic E-state index is 15.3. The van der Waals surface area contributed by atoms with Gasteiger partial charge in [-0.2, -0.15) is 5.10 Å². The number of aromatic nitrogens is 2. The second kappa shape index (κ2) is 20.1. The van der Waals surface area contributed by atoms with Gasteiger partial charge in [-0.1, -0.05) is 46.1 Å². The number of halogens is 3. The second-order valence-corrected chi connectivity index (χ2v) is 15.3. The van der Waals surface area contributed by atoms with Gasteiger partial charge < -0.3 is 25.6 Å². The van der Waals surface area contributed by atoms with Crippen LogP contribution in [0.5, 0.6) is 0 Å². The lowest BCUT2D eigenvalue weighted by Gasteiger charge is -2.32. The Labute approximate surface area is 311 Å². The highest BCUT2D eigenvalue weighted by molar-refractivity contribution is 6.00. The average molecular weight is 746 g/mol. The van der Waals surface area contributed by atoms with E-state index in [0.717, 1.165) is 64.7 Å². The smallest absolute Gasteiger partial charge is 0.270 e. The zero-order chi connectivity index (χ0) is 38.5. The molecule has 2 atom stereocenters. The van der Waals surface area contributed by atoms with Crippen molar-refractivity contribution in [1.29, 1.82) is 0 Å². The minimum absolute atomic E-state index is 0.00718. The Hall–Kier alpha value is -3.78. The summed E-state index contributed by atoms with van der Waals surface area (Å²) in [7, 11) is 2.01. The molecule has 2 aromatic rings. The van der Waals surface area contributed by atoms with Gasteiger partial charge in [-0.05, 0) is 87.1 Å². The number of amides is 3. The third kappa shape index (κ3) is 12.1. The summed E-state index contributed by atoms with van der Waals surface area (Å²) in [5.41, 5.74) is 0.389. The molecule has 0 bridgehead atoms. The fourth-order valence-electron chi connectivity index (χ4n) is 7.13. The van der Waals surface area contributed by atoms with Gasteiger partial charge in [0.2, 0.25) is 12.3 Å². The average Bonchev–Trinajstić information content (AvgIpc) is 4.07. The standard InChI is InChI=1S/C29H36FN5O4.C7H14F2N2.C3H8/c1-18-2-6-20(7-3-18)26(34-27(38)24-10-13-32-35(24)15-19-4-5-19)28(39)33-23-9-8-21(14-22(23)30)29(11-12-29)25(16-36)31-17-37;1-10-2-4-11(5-3-10)6-7(8)9;1-3-2/h8-10,13-14,16-20,25-26H,2-7,11-12,15H2,1H3,(H,31,37)(H,33,39)(H,34,38);7H,2-6H2,1H3;3H2,1-2H3. The molecule has 0 radical (unpaired) electrons. The molecule has 4 aliphatic rings. The van der Waals surface area contributed by atoms with Gasteiger partial charge in [0.05, 0.1) is 18.3 Å². The number of rotatable bonds is 14. The lowest BCUT2D eigenvalue weighted by molar-refractivity contribution is -0.119. The fourth-order valence-corrected chi connectivity index (χ4v) is 7.13. The molecular formula is C39H58F3N7O4. The maximum absolute atomic E-state index is 15.3. The molecule has 0 spiro atoms. The minimum Gasteiger partial charge on any atom is -0.348 e. The number of hydrogen-bond acceptors (Lipinski definition) is 7. The van der Waals surface area contributed by atoms with Crippen molar-refractivity contribution in [2.75, 3.05) is 45.1 Å². The number of carbonyl (C=O) groups excluding carboxylic acids is 4. The quantitative estimate of drug-likeness (QED) is 0.225. The first-order chi connectivity index (χ1) is 25.4. The van der Waals surface area contributed by atoms with Crippen molar-refractivity contribution in [3.63, 3.8) is 0 Å². The van der Waals surface area contributed by atoms with Crippen LogP contribution in [0.25, 0.3) is 0 Å². The molecule has 3 N–H and O–H groups in total. The lowest BCUT2D eigenvalue weighted by Crippen LogP contribution is -2.49. The first kappa shape index (κ1) is 42.0. The van der Waals surface area contributed by atoms with Crippen LogP contribution in [0.1, 0.15) is 94.6 Å². The van der Waals surface area contributed by atoms with Crippen LogP contribution in [0, 0.1) is 23.6 Å². The van der Waals surface area contributed by atoms with Crippen LogP contribution < -0.4 is 16.0 Å². The highest BCUT2D eigenvalue weighted by Gasteiger charge is 2.51. The summed E-state index contributed by atoms with van der Waals surface area (Å²) in [6, 6.07) is 4.58. The molecule has 53 heavy (non-hydrogen) atoms. The van der Waals surface area contributed by atoms with Crippen molar-refractivity contribution in [2.24, 2.45) is 17.8 Å². The number of nitrogens with zero attached hydrogens (tertiary/aromatic N) is 4. The van der Waals surface area contributed by atoms with Crippen molar-refractivity contribution in [3.05, 3.63) is 47.5 Å². The van der Waals surface area contributed by atoms with Gasteiger partial charge in [-0.15, -0.1) is 0 Å². The second-order valence-electron chi connectivity index (χ2n) is 15.3. The summed E-state index contributed by atoms with van der Waals surface area (Å²) < 4.78 is 40.7. The first-order valence-corrected chi connectivity index (χ1v) is 19.2. The predicted molar refractivity (Wildman–Crippen MR) is 198 cm³/mol. The maximum Gasteiger partial charge on any atom is 0.270 e. The molecule has 14 heteroatoms. The molecular weight excluding hydrogens is 687 g/mol. The fraction of sp³-hybridized carbons (Fsp3) is 0.667. The number of hydrogen-bond donors (Lipinski definition) is 3. The molecule has 4 fully saturated rings. The summed E-state index contributed by atoms with van der Waals surface area (Å²) in [4.78, 5) is 53.3. The Balaban J connectivity index is 0.000000378. The van der Waals surface area contributed by atoms with Crippen LogP contribution in [0.2, 0.25) is 0 Å². The monoisotopic (exact) mass is 745 g/mol. The summed E-state index contributed by atoms with van der Waals surface area (Å²) in [6.45, 7) is 10.4. The van der Waals surface area contributed by atoms with E-state index in [1.54, 1.807) is 23.0 Å². The van der Waals surface area contributed by atoms with Crippen molar-refractivity contribution in [1.82, 2.24) is 30.2 Å². The van der Waals surface area contributed by atoms with Crippen molar-refractivity contribution in [3.8, 4) is 0 Å². The van der Waals surface area contributed by atoms with E-state index in [-0.39, 0.29) is 24.1 Å². The van der Waals surface area contributed by atoms with E-state index < -0.39 is 35.6 Å². The van der Waals surface area contributed by atoms with Crippen LogP contribution >= 0.6 is 0 Å². The van der Waals surface area contributed by atoms with Crippen LogP contribution in [0.3, 0.4) is 0 Å². The van der Waals surface area contributed by atoms with Gasteiger partial charge in [0.1, 0.15) is 23.8 Å². The topological polar surface area (TPSA) is 129 Å². The number of carbonyl (C=O) groups is 4. The number of benzene rings is 1. The number of nitrogens with one attached hydrogen (secondary N) is 3. The van der Waals surface area contributed by atoms with Crippen molar-refractivity contribution in [2.45, 2.75) is 109 Å². The number of aldehydes is 1. The molecule has 1 aromatic carbocycles. The van der Waals surface area contributed by atoms with E-state index in [4.69, 9.17) is 0 Å². The SMILES string of the molecule is CC1CCC(C(NC(=O)c2ccnn2CC2CC2)C(=O)Nc2ccc(C3(C(C=O)NC=O)CC3)cc2F)CC1.CCC.CN1CCN(CC(F)F)CC1. The molecule has 1 aliphatic heterocycles. The third-order valence-electron chi connectivity index (χ3n) is 10.7. The molecule has 1 aromatic heterocycles. The van der Waals surface area contributed by atoms with Crippen LogP contribution in [-0.4, -0.2) is 102 Å². The normalized spacial score (nSPS) is 22.2. The molecule has 2 heterocycles. The van der Waals surface area contributed by atoms with Gasteiger partial charge in [-0.25, -0.2) is 13.2 Å². The minimum atomic E-state index is -2.18. The van der Waals surface area contributed by atoms with Gasteiger partial charge in [0, 0.05) is 44.3 Å². The summed E-state index contributed by atoms with van der Waals surface area (Å²) in [5.74, 6) is -0.424. The van der Waals surface area contributed by atoms with E-state index in [1.807, 2.05) is 11.9 Å². The van der Waals surface area contributed by atoms with E-state index >= 15 is 4.39 Å². The molecule has 11 nitrogen and oxygen atoms in total.